The highest BCUT2D eigenvalue weighted by molar-refractivity contribution is 9.12. The van der Waals surface area contributed by atoms with Crippen molar-refractivity contribution < 1.29 is 23.9 Å². The van der Waals surface area contributed by atoms with E-state index in [0.717, 1.165) is 5.56 Å². The molecule has 2 amide bonds. The molecule has 0 spiro atoms. The molecule has 1 saturated carbocycles. The number of imide groups is 1. The number of esters is 1. The van der Waals surface area contributed by atoms with E-state index in [4.69, 9.17) is 21.3 Å². The Morgan fingerprint density at radius 1 is 0.930 bits per heavy atom. The number of ether oxygens (including phenoxy) is 1. The first-order chi connectivity index (χ1) is 20.6. The predicted molar refractivity (Wildman–Crippen MR) is 172 cm³/mol. The van der Waals surface area contributed by atoms with Gasteiger partial charge in [0.1, 0.15) is 0 Å². The lowest BCUT2D eigenvalue weighted by molar-refractivity contribution is -0.122. The molecule has 43 heavy (non-hydrogen) atoms. The van der Waals surface area contributed by atoms with Gasteiger partial charge in [-0.15, -0.1) is 0 Å². The van der Waals surface area contributed by atoms with Crippen LogP contribution in [0, 0.1) is 18.8 Å². The first-order valence-corrected chi connectivity index (χ1v) is 16.0. The molecule has 0 N–H and O–H groups in total. The fraction of sp³-hybridized carbons (Fsp3) is 0.242. The van der Waals surface area contributed by atoms with E-state index in [2.05, 4.69) is 31.9 Å². The van der Waals surface area contributed by atoms with Crippen LogP contribution in [0.2, 0.25) is 5.02 Å². The number of hydrogen-bond acceptors (Lipinski definition) is 6. The second kappa shape index (κ2) is 11.9. The Morgan fingerprint density at radius 3 is 2.19 bits per heavy atom. The van der Waals surface area contributed by atoms with Gasteiger partial charge in [0.05, 0.1) is 34.3 Å². The van der Waals surface area contributed by atoms with Gasteiger partial charge in [0.25, 0.3) is 0 Å². The van der Waals surface area contributed by atoms with Crippen molar-refractivity contribution in [3.8, 4) is 11.3 Å². The fourth-order valence-corrected chi connectivity index (χ4v) is 7.13. The lowest BCUT2D eigenvalue weighted by Crippen LogP contribution is -2.34. The first kappa shape index (κ1) is 29.7. The van der Waals surface area contributed by atoms with Crippen molar-refractivity contribution >= 4 is 83.6 Å². The Kier molecular flexibility index (Phi) is 8.24. The number of Topliss-reactive ketones (excluding diaryl/α,β-unsaturated/α-hetero) is 1. The molecular weight excluding hydrogens is 700 g/mol. The van der Waals surface area contributed by atoms with Gasteiger partial charge in [-0.1, -0.05) is 73.8 Å². The summed E-state index contributed by atoms with van der Waals surface area (Å²) in [6.07, 6.45) is 1.20. The Hall–Kier alpha value is -3.40. The molecule has 3 aromatic carbocycles. The van der Waals surface area contributed by atoms with Crippen LogP contribution in [0.5, 0.6) is 0 Å². The van der Waals surface area contributed by atoms with Crippen LogP contribution in [-0.2, 0) is 14.3 Å². The molecule has 1 saturated heterocycles. The highest BCUT2D eigenvalue weighted by Gasteiger charge is 2.52. The third-order valence-electron chi connectivity index (χ3n) is 8.09. The van der Waals surface area contributed by atoms with E-state index in [1.165, 1.54) is 4.90 Å². The molecule has 4 unspecified atom stereocenters. The third-order valence-corrected chi connectivity index (χ3v) is 11.1. The van der Waals surface area contributed by atoms with E-state index in [9.17, 15) is 19.2 Å². The standard InChI is InChI=1S/C33H25Br2ClN2O5/c1-17-3-2-4-22-25(33(42)43-16-29(39)19-5-9-20(36)10-6-19)15-28(37-30(17)22)18-7-11-21(12-8-18)38-31(40)23-13-26(34)27(35)14-24(23)32(38)41/h2-12,15,23-24,26-27H,13-14,16H2,1H3. The molecule has 2 fully saturated rings. The quantitative estimate of drug-likeness (QED) is 0.0896. The molecule has 10 heteroatoms. The number of carbonyl (C=O) groups excluding carboxylic acids is 4. The van der Waals surface area contributed by atoms with E-state index < -0.39 is 12.6 Å². The van der Waals surface area contributed by atoms with E-state index in [1.54, 1.807) is 60.7 Å². The second-order valence-corrected chi connectivity index (χ2v) is 13.6. The zero-order valence-corrected chi connectivity index (χ0v) is 26.9. The van der Waals surface area contributed by atoms with Gasteiger partial charge in [0.2, 0.25) is 11.8 Å². The summed E-state index contributed by atoms with van der Waals surface area (Å²) in [7, 11) is 0. The molecular formula is C33H25Br2ClN2O5. The minimum absolute atomic E-state index is 0.131. The summed E-state index contributed by atoms with van der Waals surface area (Å²) >= 11 is 13.2. The van der Waals surface area contributed by atoms with Gasteiger partial charge in [0.15, 0.2) is 12.4 Å². The van der Waals surface area contributed by atoms with Crippen molar-refractivity contribution in [2.24, 2.45) is 11.8 Å². The van der Waals surface area contributed by atoms with Crippen molar-refractivity contribution in [3.63, 3.8) is 0 Å². The average molecular weight is 725 g/mol. The van der Waals surface area contributed by atoms with Crippen molar-refractivity contribution in [2.75, 3.05) is 11.5 Å². The lowest BCUT2D eigenvalue weighted by Gasteiger charge is -2.29. The summed E-state index contributed by atoms with van der Waals surface area (Å²) in [5, 5.41) is 1.11. The zero-order valence-electron chi connectivity index (χ0n) is 22.9. The summed E-state index contributed by atoms with van der Waals surface area (Å²) in [5.41, 5.74) is 3.87. The summed E-state index contributed by atoms with van der Waals surface area (Å²) in [6.45, 7) is 1.48. The molecule has 218 valence electrons. The SMILES string of the molecule is Cc1cccc2c(C(=O)OCC(=O)c3ccc(Cl)cc3)cc(-c3ccc(N4C(=O)C5CC(Br)C(Br)CC5C4=O)cc3)nc12. The van der Waals surface area contributed by atoms with Crippen LogP contribution >= 0.6 is 43.5 Å². The number of ketones is 1. The summed E-state index contributed by atoms with van der Waals surface area (Å²) in [6, 6.07) is 20.6. The Bertz CT molecular complexity index is 1750. The molecule has 1 aliphatic heterocycles. The number of hydrogen-bond donors (Lipinski definition) is 0. The molecule has 7 nitrogen and oxygen atoms in total. The zero-order chi connectivity index (χ0) is 30.4. The maximum atomic E-state index is 13.3. The number of benzene rings is 3. The summed E-state index contributed by atoms with van der Waals surface area (Å²) in [4.78, 5) is 58.8. The monoisotopic (exact) mass is 722 g/mol. The number of pyridine rings is 1. The van der Waals surface area contributed by atoms with Crippen LogP contribution < -0.4 is 4.90 Å². The smallest absolute Gasteiger partial charge is 0.339 e. The minimum atomic E-state index is -0.649. The van der Waals surface area contributed by atoms with E-state index >= 15 is 0 Å². The molecule has 1 aromatic heterocycles. The van der Waals surface area contributed by atoms with E-state index in [0.29, 0.717) is 51.3 Å². The van der Waals surface area contributed by atoms with Crippen molar-refractivity contribution in [1.29, 1.82) is 0 Å². The van der Waals surface area contributed by atoms with Crippen LogP contribution in [0.1, 0.15) is 39.1 Å². The van der Waals surface area contributed by atoms with Gasteiger partial charge < -0.3 is 4.74 Å². The van der Waals surface area contributed by atoms with Gasteiger partial charge in [-0.3, -0.25) is 19.3 Å². The first-order valence-electron chi connectivity index (χ1n) is 13.7. The van der Waals surface area contributed by atoms with Gasteiger partial charge in [-0.05, 0) is 67.8 Å². The van der Waals surface area contributed by atoms with Gasteiger partial charge in [-0.25, -0.2) is 9.78 Å². The highest BCUT2D eigenvalue weighted by atomic mass is 79.9. The molecule has 2 heterocycles. The fourth-order valence-electron chi connectivity index (χ4n) is 5.77. The van der Waals surface area contributed by atoms with Crippen molar-refractivity contribution in [1.82, 2.24) is 4.98 Å². The predicted octanol–water partition coefficient (Wildman–Crippen LogP) is 7.33. The maximum absolute atomic E-state index is 13.3. The number of aryl methyl sites for hydroxylation is 1. The van der Waals surface area contributed by atoms with Crippen LogP contribution in [-0.4, -0.2) is 44.8 Å². The molecule has 1 aliphatic carbocycles. The molecule has 0 bridgehead atoms. The van der Waals surface area contributed by atoms with E-state index in [-0.39, 0.29) is 44.7 Å². The minimum Gasteiger partial charge on any atom is -0.454 e. The Balaban J connectivity index is 1.28. The normalized spacial score (nSPS) is 21.6. The van der Waals surface area contributed by atoms with Crippen molar-refractivity contribution in [3.05, 3.63) is 94.5 Å². The number of alkyl halides is 2. The number of nitrogens with zero attached hydrogens (tertiary/aromatic N) is 2. The summed E-state index contributed by atoms with van der Waals surface area (Å²) in [5.74, 6) is -2.02. The van der Waals surface area contributed by atoms with Crippen LogP contribution in [0.4, 0.5) is 5.69 Å². The van der Waals surface area contributed by atoms with Gasteiger partial charge >= 0.3 is 5.97 Å². The van der Waals surface area contributed by atoms with Crippen LogP contribution in [0.3, 0.4) is 0 Å². The average Bonchev–Trinajstić information content (AvgIpc) is 3.24. The number of amides is 2. The number of para-hydroxylation sites is 1. The van der Waals surface area contributed by atoms with Gasteiger partial charge in [-0.2, -0.15) is 0 Å². The third kappa shape index (κ3) is 5.66. The summed E-state index contributed by atoms with van der Waals surface area (Å²) < 4.78 is 5.45. The second-order valence-electron chi connectivity index (χ2n) is 10.8. The number of halogens is 3. The van der Waals surface area contributed by atoms with Gasteiger partial charge in [0, 0.05) is 31.2 Å². The number of aromatic nitrogens is 1. The largest absolute Gasteiger partial charge is 0.454 e. The number of fused-ring (bicyclic) bond motifs is 2. The topological polar surface area (TPSA) is 93.6 Å². The molecule has 6 rings (SSSR count). The number of anilines is 1. The molecule has 4 aromatic rings. The van der Waals surface area contributed by atoms with Crippen molar-refractivity contribution in [2.45, 2.75) is 29.4 Å². The van der Waals surface area contributed by atoms with Crippen LogP contribution in [0.25, 0.3) is 22.2 Å². The Labute approximate surface area is 269 Å². The lowest BCUT2D eigenvalue weighted by atomic mass is 9.81. The molecule has 4 atom stereocenters. The number of carbonyl (C=O) groups is 4. The van der Waals surface area contributed by atoms with E-state index in [1.807, 2.05) is 19.1 Å². The molecule has 0 radical (unpaired) electrons. The molecule has 2 aliphatic rings. The highest BCUT2D eigenvalue weighted by Crippen LogP contribution is 2.44. The number of rotatable bonds is 6. The van der Waals surface area contributed by atoms with Crippen LogP contribution in [0.15, 0.2) is 72.8 Å². The Morgan fingerprint density at radius 2 is 1.56 bits per heavy atom. The maximum Gasteiger partial charge on any atom is 0.339 e.